The molecule has 0 amide bonds. The van der Waals surface area contributed by atoms with E-state index in [-0.39, 0.29) is 72.9 Å². The number of hydrogen-bond donors (Lipinski definition) is 0. The van der Waals surface area contributed by atoms with Crippen LogP contribution < -0.4 is 4.74 Å². The molecule has 2 heterocycles. The largest absolute Gasteiger partial charge is 0.490 e. The van der Waals surface area contributed by atoms with Gasteiger partial charge in [-0.15, -0.1) is 0 Å². The van der Waals surface area contributed by atoms with Crippen LogP contribution in [0.5, 0.6) is 5.75 Å². The quantitative estimate of drug-likeness (QED) is 0.245. The van der Waals surface area contributed by atoms with Crippen molar-refractivity contribution in [3.8, 4) is 5.75 Å². The highest BCUT2D eigenvalue weighted by molar-refractivity contribution is 5.89. The predicted octanol–water partition coefficient (Wildman–Crippen LogP) is 9.00. The molecule has 1 saturated carbocycles. The number of carbonyl (C=O) groups excluding carboxylic acids is 1. The van der Waals surface area contributed by atoms with Crippen LogP contribution >= 0.6 is 0 Å². The first-order chi connectivity index (χ1) is 19.7. The minimum atomic E-state index is -4.72. The van der Waals surface area contributed by atoms with Crippen LogP contribution in [0.3, 0.4) is 0 Å². The number of rotatable bonds is 6. The first-order valence-corrected chi connectivity index (χ1v) is 15.1. The van der Waals surface area contributed by atoms with E-state index in [0.29, 0.717) is 18.2 Å². The highest BCUT2D eigenvalue weighted by atomic mass is 19.4. The van der Waals surface area contributed by atoms with Crippen LogP contribution in [0.15, 0.2) is 30.3 Å². The monoisotopic (exact) mass is 599 g/mol. The van der Waals surface area contributed by atoms with Crippen molar-refractivity contribution in [2.45, 2.75) is 121 Å². The Balaban J connectivity index is 1.40. The van der Waals surface area contributed by atoms with E-state index in [0.717, 1.165) is 24.8 Å². The molecule has 2 aliphatic heterocycles. The molecule has 2 aromatic carbocycles. The summed E-state index contributed by atoms with van der Waals surface area (Å²) in [7, 11) is 0. The lowest BCUT2D eigenvalue weighted by Gasteiger charge is -2.51. The molecule has 0 N–H and O–H groups in total. The van der Waals surface area contributed by atoms with Gasteiger partial charge in [-0.25, -0.2) is 0 Å². The van der Waals surface area contributed by atoms with E-state index >= 15 is 0 Å². The normalized spacial score (nSPS) is 28.1. The van der Waals surface area contributed by atoms with Crippen molar-refractivity contribution in [3.63, 3.8) is 0 Å². The predicted molar refractivity (Wildman–Crippen MR) is 147 cm³/mol. The second kappa shape index (κ2) is 11.9. The average molecular weight is 600 g/mol. The average Bonchev–Trinajstić information content (AvgIpc) is 2.90. The molecular formula is C32H39F6NO3. The third-order valence-electron chi connectivity index (χ3n) is 9.37. The molecule has 4 nitrogen and oxygen atoms in total. The van der Waals surface area contributed by atoms with E-state index in [2.05, 4.69) is 4.90 Å². The fourth-order valence-corrected chi connectivity index (χ4v) is 7.40. The second-order valence-corrected chi connectivity index (χ2v) is 12.6. The van der Waals surface area contributed by atoms with E-state index in [9.17, 15) is 31.1 Å². The number of nitrogens with zero attached hydrogens (tertiary/aromatic N) is 1. The zero-order chi connectivity index (χ0) is 30.4. The van der Waals surface area contributed by atoms with E-state index in [1.165, 1.54) is 6.07 Å². The summed E-state index contributed by atoms with van der Waals surface area (Å²) in [5, 5.41) is 0.440. The number of ether oxygens (including phenoxy) is 2. The third kappa shape index (κ3) is 6.53. The number of alkyl halides is 6. The molecule has 0 radical (unpaired) electrons. The van der Waals surface area contributed by atoms with Gasteiger partial charge in [-0.1, -0.05) is 24.6 Å². The van der Waals surface area contributed by atoms with Crippen LogP contribution in [0.25, 0.3) is 10.8 Å². The van der Waals surface area contributed by atoms with Crippen LogP contribution in [-0.4, -0.2) is 41.3 Å². The Morgan fingerprint density at radius 2 is 1.50 bits per heavy atom. The van der Waals surface area contributed by atoms with Crippen molar-refractivity contribution in [1.82, 2.24) is 4.90 Å². The molecule has 3 atom stereocenters. The Hall–Kier alpha value is -2.49. The zero-order valence-corrected chi connectivity index (χ0v) is 24.2. The lowest BCUT2D eigenvalue weighted by molar-refractivity contribution is -0.185. The van der Waals surface area contributed by atoms with Gasteiger partial charge in [0.1, 0.15) is 11.3 Å². The highest BCUT2D eigenvalue weighted by Crippen LogP contribution is 2.46. The molecule has 0 spiro atoms. The van der Waals surface area contributed by atoms with Crippen molar-refractivity contribution in [2.75, 3.05) is 0 Å². The molecule has 2 bridgehead atoms. The van der Waals surface area contributed by atoms with Crippen molar-refractivity contribution in [3.05, 3.63) is 41.5 Å². The highest BCUT2D eigenvalue weighted by Gasteiger charge is 2.45. The molecule has 1 aliphatic carbocycles. The van der Waals surface area contributed by atoms with Gasteiger partial charge in [-0.05, 0) is 101 Å². The van der Waals surface area contributed by atoms with Crippen LogP contribution in [0.2, 0.25) is 0 Å². The van der Waals surface area contributed by atoms with Gasteiger partial charge in [0.15, 0.2) is 0 Å². The van der Waals surface area contributed by atoms with E-state index in [4.69, 9.17) is 9.47 Å². The number of fused-ring (bicyclic) bond motifs is 3. The number of piperidine rings is 2. The third-order valence-corrected chi connectivity index (χ3v) is 9.37. The first-order valence-electron chi connectivity index (χ1n) is 15.1. The van der Waals surface area contributed by atoms with E-state index in [1.54, 1.807) is 18.2 Å². The smallest absolute Gasteiger partial charge is 0.420 e. The maximum Gasteiger partial charge on any atom is 0.420 e. The summed E-state index contributed by atoms with van der Waals surface area (Å²) in [4.78, 5) is 15.1. The van der Waals surface area contributed by atoms with Crippen molar-refractivity contribution >= 4 is 16.7 Å². The van der Waals surface area contributed by atoms with Gasteiger partial charge < -0.3 is 9.47 Å². The molecule has 2 aromatic rings. The molecule has 3 unspecified atom stereocenters. The Kier molecular flexibility index (Phi) is 8.76. The molecule has 0 aromatic heterocycles. The van der Waals surface area contributed by atoms with Gasteiger partial charge in [-0.3, -0.25) is 9.69 Å². The lowest BCUT2D eigenvalue weighted by Crippen LogP contribution is -2.54. The Morgan fingerprint density at radius 1 is 0.881 bits per heavy atom. The maximum absolute atomic E-state index is 14.6. The lowest BCUT2D eigenvalue weighted by atomic mass is 9.77. The number of esters is 1. The molecular weight excluding hydrogens is 560 g/mol. The minimum Gasteiger partial charge on any atom is -0.490 e. The van der Waals surface area contributed by atoms with Crippen molar-refractivity contribution in [1.29, 1.82) is 0 Å². The van der Waals surface area contributed by atoms with Gasteiger partial charge in [0, 0.05) is 18.1 Å². The molecule has 232 valence electrons. The zero-order valence-electron chi connectivity index (χ0n) is 24.2. The van der Waals surface area contributed by atoms with E-state index in [1.807, 2.05) is 26.8 Å². The Morgan fingerprint density at radius 3 is 2.07 bits per heavy atom. The van der Waals surface area contributed by atoms with Crippen LogP contribution in [0.4, 0.5) is 26.3 Å². The summed E-state index contributed by atoms with van der Waals surface area (Å²) in [5.41, 5.74) is -0.140. The summed E-state index contributed by atoms with van der Waals surface area (Å²) in [6.07, 6.45) is -5.88. The molecule has 3 fully saturated rings. The molecule has 5 rings (SSSR count). The SMILES string of the molecule is CC(C)OC(=O)C1CC2CCCC(C1)N2C(C)c1ccc2ccc(OC3CCC(C(F)(F)F)CC3)c(C(F)(F)F)c2c1. The summed E-state index contributed by atoms with van der Waals surface area (Å²) < 4.78 is 94.2. The second-order valence-electron chi connectivity index (χ2n) is 12.6. The van der Waals surface area contributed by atoms with Crippen LogP contribution in [0.1, 0.15) is 95.7 Å². The fraction of sp³-hybridized carbons (Fsp3) is 0.656. The first kappa shape index (κ1) is 31.0. The van der Waals surface area contributed by atoms with Crippen LogP contribution in [-0.2, 0) is 15.7 Å². The molecule has 2 saturated heterocycles. The molecule has 42 heavy (non-hydrogen) atoms. The number of halogens is 6. The Bertz CT molecular complexity index is 1250. The van der Waals surface area contributed by atoms with Crippen molar-refractivity contribution in [2.24, 2.45) is 11.8 Å². The summed E-state index contributed by atoms with van der Waals surface area (Å²) in [6.45, 7) is 5.67. The maximum atomic E-state index is 14.6. The van der Waals surface area contributed by atoms with Gasteiger partial charge >= 0.3 is 18.3 Å². The van der Waals surface area contributed by atoms with Gasteiger partial charge in [0.2, 0.25) is 0 Å². The van der Waals surface area contributed by atoms with Gasteiger partial charge in [-0.2, -0.15) is 26.3 Å². The summed E-state index contributed by atoms with van der Waals surface area (Å²) >= 11 is 0. The van der Waals surface area contributed by atoms with Gasteiger partial charge in [0.25, 0.3) is 0 Å². The minimum absolute atomic E-state index is 0.0221. The van der Waals surface area contributed by atoms with Crippen LogP contribution in [0, 0.1) is 11.8 Å². The fourth-order valence-electron chi connectivity index (χ4n) is 7.40. The topological polar surface area (TPSA) is 38.8 Å². The summed E-state index contributed by atoms with van der Waals surface area (Å²) in [6, 6.07) is 8.11. The summed E-state index contributed by atoms with van der Waals surface area (Å²) in [5.74, 6) is -2.12. The molecule has 10 heteroatoms. The van der Waals surface area contributed by atoms with Crippen molar-refractivity contribution < 1.29 is 40.6 Å². The van der Waals surface area contributed by atoms with E-state index < -0.39 is 29.9 Å². The van der Waals surface area contributed by atoms with Gasteiger partial charge in [0.05, 0.1) is 24.0 Å². The number of hydrogen-bond acceptors (Lipinski definition) is 4. The molecule has 3 aliphatic rings. The Labute approximate surface area is 242 Å². The standard InChI is InChI=1S/C32H39F6NO3/c1-18(2)41-30(40)22-15-24-5-4-6-25(16-22)39(24)19(3)21-8-7-20-9-14-28(29(27(20)17-21)32(36,37)38)42-26-12-10-23(11-13-26)31(33,34)35/h7-9,14,17-19,22-26H,4-6,10-13,15-16H2,1-3H3. The number of benzene rings is 2. The number of carbonyl (C=O) groups is 1.